The van der Waals surface area contributed by atoms with E-state index in [1.807, 2.05) is 0 Å². The fraction of sp³-hybridized carbons (Fsp3) is 0.269. The lowest BCUT2D eigenvalue weighted by molar-refractivity contribution is -0.392. The zero-order valence-electron chi connectivity index (χ0n) is 19.9. The lowest BCUT2D eigenvalue weighted by atomic mass is 9.91. The van der Waals surface area contributed by atoms with Gasteiger partial charge in [0.1, 0.15) is 0 Å². The predicted octanol–water partition coefficient (Wildman–Crippen LogP) is 6.20. The first kappa shape index (κ1) is 29.2. The van der Waals surface area contributed by atoms with Gasteiger partial charge in [-0.1, -0.05) is 61.5 Å². The number of benzene rings is 3. The number of ether oxygens (including phenoxy) is 1. The highest BCUT2D eigenvalue weighted by atomic mass is 32.2. The van der Waals surface area contributed by atoms with E-state index < -0.39 is 45.9 Å². The molecule has 0 aliphatic carbocycles. The number of carbonyl (C=O) groups excluding carboxylic acids is 1. The Morgan fingerprint density at radius 3 is 1.84 bits per heavy atom. The highest BCUT2D eigenvalue weighted by Gasteiger charge is 2.73. The minimum atomic E-state index is -5.85. The highest BCUT2D eigenvalue weighted by molar-refractivity contribution is 7.91. The number of anilines is 1. The van der Waals surface area contributed by atoms with Crippen molar-refractivity contribution in [1.29, 1.82) is 0 Å². The van der Waals surface area contributed by atoms with Crippen LogP contribution in [-0.2, 0) is 38.0 Å². The molecule has 12 heteroatoms. The van der Waals surface area contributed by atoms with Gasteiger partial charge in [0.25, 0.3) is 5.60 Å². The molecule has 0 aliphatic rings. The molecule has 3 aromatic carbocycles. The minimum Gasteiger partial charge on any atom is -0.349 e. The Morgan fingerprint density at radius 2 is 1.34 bits per heavy atom. The fourth-order valence-corrected chi connectivity index (χ4v) is 4.55. The van der Waals surface area contributed by atoms with Crippen molar-refractivity contribution in [3.8, 4) is 0 Å². The lowest BCUT2D eigenvalue weighted by Gasteiger charge is -2.37. The molecule has 0 atom stereocenters. The zero-order chi connectivity index (χ0) is 28.2. The number of nitrogens with one attached hydrogen (secondary N) is 1. The van der Waals surface area contributed by atoms with E-state index in [0.29, 0.717) is 17.7 Å². The molecule has 3 aromatic rings. The molecule has 1 amide bonds. The van der Waals surface area contributed by atoms with E-state index in [9.17, 15) is 39.6 Å². The van der Waals surface area contributed by atoms with Crippen molar-refractivity contribution >= 4 is 21.4 Å². The highest BCUT2D eigenvalue weighted by Crippen LogP contribution is 2.53. The Hall–Kier alpha value is -3.38. The summed E-state index contributed by atoms with van der Waals surface area (Å²) in [5, 5.41) is 2.40. The number of hydrogen-bond donors (Lipinski definition) is 1. The summed E-state index contributed by atoms with van der Waals surface area (Å²) in [7, 11) is -3.42. The smallest absolute Gasteiger partial charge is 0.349 e. The van der Waals surface area contributed by atoms with Crippen molar-refractivity contribution in [3.63, 3.8) is 0 Å². The molecule has 0 spiro atoms. The molecule has 3 rings (SSSR count). The van der Waals surface area contributed by atoms with Crippen LogP contribution in [0.1, 0.15) is 23.6 Å². The topological polar surface area (TPSA) is 72.5 Å². The van der Waals surface area contributed by atoms with Gasteiger partial charge in [0.05, 0.1) is 23.7 Å². The molecule has 5 nitrogen and oxygen atoms in total. The second-order valence-corrected chi connectivity index (χ2v) is 10.6. The second kappa shape index (κ2) is 11.2. The van der Waals surface area contributed by atoms with Gasteiger partial charge in [-0.05, 0) is 35.4 Å². The molecular formula is C26H23F6NO4S. The maximum absolute atomic E-state index is 14.0. The van der Waals surface area contributed by atoms with Crippen LogP contribution >= 0.6 is 0 Å². The normalized spacial score (nSPS) is 12.8. The van der Waals surface area contributed by atoms with Crippen molar-refractivity contribution in [3.05, 3.63) is 95.6 Å². The third-order valence-electron chi connectivity index (χ3n) is 5.70. The molecule has 38 heavy (non-hydrogen) atoms. The standard InChI is InChI=1S/C26H23F6NO4S/c1-2-38(35,36)22-14-8-18(9-15-22)16-23(34)33-21-12-10-20(11-13-21)24(25(27,28)29,26(30,31)32)37-17-19-6-4-3-5-7-19/h3-15H,2,16-17H2,1H3,(H,33,34). The Balaban J connectivity index is 1.80. The summed E-state index contributed by atoms with van der Waals surface area (Å²) in [6, 6.07) is 15.8. The Morgan fingerprint density at radius 1 is 0.789 bits per heavy atom. The fourth-order valence-electron chi connectivity index (χ4n) is 3.66. The van der Waals surface area contributed by atoms with Crippen molar-refractivity contribution in [2.75, 3.05) is 11.1 Å². The molecule has 204 valence electrons. The van der Waals surface area contributed by atoms with Gasteiger partial charge in [-0.2, -0.15) is 26.3 Å². The van der Waals surface area contributed by atoms with Gasteiger partial charge < -0.3 is 10.1 Å². The van der Waals surface area contributed by atoms with Crippen LogP contribution in [0.5, 0.6) is 0 Å². The van der Waals surface area contributed by atoms with E-state index in [4.69, 9.17) is 0 Å². The van der Waals surface area contributed by atoms with Crippen molar-refractivity contribution in [1.82, 2.24) is 0 Å². The van der Waals surface area contributed by atoms with Gasteiger partial charge in [0.15, 0.2) is 9.84 Å². The molecule has 1 N–H and O–H groups in total. The van der Waals surface area contributed by atoms with E-state index in [1.54, 1.807) is 6.07 Å². The molecular weight excluding hydrogens is 536 g/mol. The number of rotatable bonds is 9. The molecule has 0 aromatic heterocycles. The first-order valence-electron chi connectivity index (χ1n) is 11.2. The van der Waals surface area contributed by atoms with Gasteiger partial charge in [-0.15, -0.1) is 0 Å². The van der Waals surface area contributed by atoms with E-state index in [2.05, 4.69) is 10.1 Å². The molecule has 0 unspecified atom stereocenters. The average molecular weight is 560 g/mol. The van der Waals surface area contributed by atoms with Crippen LogP contribution in [0.15, 0.2) is 83.8 Å². The number of alkyl halides is 6. The van der Waals surface area contributed by atoms with Crippen molar-refractivity contribution in [2.45, 2.75) is 42.8 Å². The van der Waals surface area contributed by atoms with E-state index in [1.165, 1.54) is 55.5 Å². The quantitative estimate of drug-likeness (QED) is 0.317. The first-order valence-corrected chi connectivity index (χ1v) is 12.9. The molecule has 0 saturated carbocycles. The summed E-state index contributed by atoms with van der Waals surface area (Å²) in [6.07, 6.45) is -11.9. The molecule has 0 bridgehead atoms. The van der Waals surface area contributed by atoms with Crippen LogP contribution in [0.2, 0.25) is 0 Å². The Labute approximate surface area is 215 Å². The van der Waals surface area contributed by atoms with Crippen LogP contribution in [-0.4, -0.2) is 32.4 Å². The lowest BCUT2D eigenvalue weighted by Crippen LogP contribution is -2.55. The van der Waals surface area contributed by atoms with Crippen LogP contribution in [0.25, 0.3) is 0 Å². The monoisotopic (exact) mass is 559 g/mol. The molecule has 0 fully saturated rings. The minimum absolute atomic E-state index is 0.0368. The number of sulfone groups is 1. The Bertz CT molecular complexity index is 1320. The van der Waals surface area contributed by atoms with Crippen LogP contribution in [0.4, 0.5) is 32.0 Å². The zero-order valence-corrected chi connectivity index (χ0v) is 20.8. The largest absolute Gasteiger partial charge is 0.430 e. The number of halogens is 6. The number of amides is 1. The maximum atomic E-state index is 14.0. The summed E-state index contributed by atoms with van der Waals surface area (Å²) in [5.74, 6) is -0.702. The summed E-state index contributed by atoms with van der Waals surface area (Å²) in [5.41, 5.74) is -5.26. The van der Waals surface area contributed by atoms with E-state index in [-0.39, 0.29) is 28.3 Å². The third-order valence-corrected chi connectivity index (χ3v) is 7.45. The summed E-state index contributed by atoms with van der Waals surface area (Å²) < 4.78 is 112. The van der Waals surface area contributed by atoms with Crippen LogP contribution < -0.4 is 5.32 Å². The van der Waals surface area contributed by atoms with Crippen LogP contribution in [0.3, 0.4) is 0 Å². The SMILES string of the molecule is CCS(=O)(=O)c1ccc(CC(=O)Nc2ccc(C(OCc3ccccc3)(C(F)(F)F)C(F)(F)F)cc2)cc1. The van der Waals surface area contributed by atoms with Crippen molar-refractivity contribution < 1.29 is 44.3 Å². The van der Waals surface area contributed by atoms with Crippen LogP contribution in [0, 0.1) is 0 Å². The summed E-state index contributed by atoms with van der Waals surface area (Å²) in [4.78, 5) is 12.5. The molecule has 0 saturated heterocycles. The average Bonchev–Trinajstić information content (AvgIpc) is 2.84. The Kier molecular flexibility index (Phi) is 8.57. The van der Waals surface area contributed by atoms with Gasteiger partial charge in [0, 0.05) is 11.3 Å². The molecule has 0 heterocycles. The number of carbonyl (C=O) groups is 1. The van der Waals surface area contributed by atoms with Gasteiger partial charge in [-0.25, -0.2) is 8.42 Å². The molecule has 0 radical (unpaired) electrons. The van der Waals surface area contributed by atoms with Gasteiger partial charge in [-0.3, -0.25) is 4.79 Å². The summed E-state index contributed by atoms with van der Waals surface area (Å²) in [6.45, 7) is 0.543. The van der Waals surface area contributed by atoms with Crippen molar-refractivity contribution in [2.24, 2.45) is 0 Å². The van der Waals surface area contributed by atoms with E-state index in [0.717, 1.165) is 12.1 Å². The number of hydrogen-bond acceptors (Lipinski definition) is 4. The first-order chi connectivity index (χ1) is 17.7. The van der Waals surface area contributed by atoms with Gasteiger partial charge >= 0.3 is 12.4 Å². The maximum Gasteiger partial charge on any atom is 0.430 e. The third kappa shape index (κ3) is 6.36. The summed E-state index contributed by atoms with van der Waals surface area (Å²) >= 11 is 0. The molecule has 0 aliphatic heterocycles. The second-order valence-electron chi connectivity index (χ2n) is 8.30. The van der Waals surface area contributed by atoms with Gasteiger partial charge in [0.2, 0.25) is 5.91 Å². The van der Waals surface area contributed by atoms with E-state index >= 15 is 0 Å². The predicted molar refractivity (Wildman–Crippen MR) is 128 cm³/mol.